The van der Waals surface area contributed by atoms with Crippen LogP contribution in [0.4, 0.5) is 0 Å². The molecule has 142 valence electrons. The minimum absolute atomic E-state index is 0.0366. The number of hydrogen-bond acceptors (Lipinski definition) is 4. The summed E-state index contributed by atoms with van der Waals surface area (Å²) in [4.78, 5) is 24.2. The van der Waals surface area contributed by atoms with Gasteiger partial charge in [-0.25, -0.2) is 0 Å². The number of hydrazine groups is 1. The fourth-order valence-corrected chi connectivity index (χ4v) is 2.56. The summed E-state index contributed by atoms with van der Waals surface area (Å²) in [6, 6.07) is 22.8. The lowest BCUT2D eigenvalue weighted by molar-refractivity contribution is -0.121. The maximum atomic E-state index is 12.3. The Labute approximate surface area is 162 Å². The molecule has 0 aliphatic carbocycles. The third-order valence-electron chi connectivity index (χ3n) is 3.94. The van der Waals surface area contributed by atoms with E-state index in [0.717, 1.165) is 5.56 Å². The van der Waals surface area contributed by atoms with Crippen molar-refractivity contribution in [3.63, 3.8) is 0 Å². The van der Waals surface area contributed by atoms with Crippen LogP contribution in [0.25, 0.3) is 0 Å². The fraction of sp³-hybridized carbons (Fsp3) is 0.0909. The smallest absolute Gasteiger partial charge is 0.269 e. The average Bonchev–Trinajstić information content (AvgIpc) is 2.71. The molecular formula is C22H20N2O4. The van der Waals surface area contributed by atoms with E-state index in [0.29, 0.717) is 23.5 Å². The van der Waals surface area contributed by atoms with Gasteiger partial charge < -0.3 is 9.84 Å². The highest BCUT2D eigenvalue weighted by Crippen LogP contribution is 2.15. The zero-order chi connectivity index (χ0) is 19.8. The van der Waals surface area contributed by atoms with Crippen molar-refractivity contribution in [2.24, 2.45) is 0 Å². The van der Waals surface area contributed by atoms with Crippen LogP contribution in [0.2, 0.25) is 0 Å². The predicted molar refractivity (Wildman–Crippen MR) is 105 cm³/mol. The summed E-state index contributed by atoms with van der Waals surface area (Å²) >= 11 is 0. The molecule has 0 atom stereocenters. The second-order valence-corrected chi connectivity index (χ2v) is 6.15. The minimum atomic E-state index is -0.450. The molecule has 0 bridgehead atoms. The van der Waals surface area contributed by atoms with Crippen LogP contribution in [0, 0.1) is 0 Å². The Balaban J connectivity index is 1.52. The topological polar surface area (TPSA) is 87.7 Å². The molecule has 2 amide bonds. The number of aromatic hydroxyl groups is 1. The SMILES string of the molecule is O=C(Cc1cccc(O)c1)NNC(=O)c1cccc(OCc2ccccc2)c1. The molecule has 0 saturated carbocycles. The number of carbonyl (C=O) groups is 2. The van der Waals surface area contributed by atoms with Crippen molar-refractivity contribution >= 4 is 11.8 Å². The first-order valence-corrected chi connectivity index (χ1v) is 8.74. The van der Waals surface area contributed by atoms with Crippen molar-refractivity contribution in [2.75, 3.05) is 0 Å². The van der Waals surface area contributed by atoms with E-state index in [2.05, 4.69) is 10.9 Å². The number of rotatable bonds is 6. The van der Waals surface area contributed by atoms with Crippen molar-refractivity contribution in [2.45, 2.75) is 13.0 Å². The van der Waals surface area contributed by atoms with E-state index in [9.17, 15) is 14.7 Å². The minimum Gasteiger partial charge on any atom is -0.508 e. The van der Waals surface area contributed by atoms with E-state index in [1.807, 2.05) is 30.3 Å². The Morgan fingerprint density at radius 1 is 0.821 bits per heavy atom. The van der Waals surface area contributed by atoms with E-state index in [4.69, 9.17) is 4.74 Å². The molecule has 3 rings (SSSR count). The first kappa shape index (κ1) is 19.0. The van der Waals surface area contributed by atoms with Crippen molar-refractivity contribution in [1.82, 2.24) is 10.9 Å². The van der Waals surface area contributed by atoms with E-state index in [-0.39, 0.29) is 12.2 Å². The zero-order valence-electron chi connectivity index (χ0n) is 15.1. The summed E-state index contributed by atoms with van der Waals surface area (Å²) in [6.07, 6.45) is 0.0366. The second kappa shape index (κ2) is 9.23. The normalized spacial score (nSPS) is 10.1. The highest BCUT2D eigenvalue weighted by atomic mass is 16.5. The fourth-order valence-electron chi connectivity index (χ4n) is 2.56. The molecule has 6 heteroatoms. The van der Waals surface area contributed by atoms with Crippen LogP contribution in [0.15, 0.2) is 78.9 Å². The van der Waals surface area contributed by atoms with Crippen LogP contribution in [0.3, 0.4) is 0 Å². The van der Waals surface area contributed by atoms with Gasteiger partial charge in [-0.15, -0.1) is 0 Å². The molecule has 28 heavy (non-hydrogen) atoms. The van der Waals surface area contributed by atoms with Gasteiger partial charge in [0.05, 0.1) is 6.42 Å². The Morgan fingerprint density at radius 3 is 2.36 bits per heavy atom. The van der Waals surface area contributed by atoms with Crippen LogP contribution >= 0.6 is 0 Å². The monoisotopic (exact) mass is 376 g/mol. The Morgan fingerprint density at radius 2 is 1.57 bits per heavy atom. The van der Waals surface area contributed by atoms with Gasteiger partial charge in [0.2, 0.25) is 5.91 Å². The van der Waals surface area contributed by atoms with Gasteiger partial charge in [-0.2, -0.15) is 0 Å². The molecule has 0 aromatic heterocycles. The Hall–Kier alpha value is -3.80. The Kier molecular flexibility index (Phi) is 6.25. The molecule has 3 aromatic rings. The predicted octanol–water partition coefficient (Wildman–Crippen LogP) is 2.97. The van der Waals surface area contributed by atoms with Gasteiger partial charge >= 0.3 is 0 Å². The molecular weight excluding hydrogens is 356 g/mol. The third kappa shape index (κ3) is 5.60. The molecule has 3 aromatic carbocycles. The zero-order valence-corrected chi connectivity index (χ0v) is 15.1. The van der Waals surface area contributed by atoms with Gasteiger partial charge in [-0.1, -0.05) is 48.5 Å². The summed E-state index contributed by atoms with van der Waals surface area (Å²) in [5.41, 5.74) is 6.77. The molecule has 3 N–H and O–H groups in total. The van der Waals surface area contributed by atoms with E-state index in [1.165, 1.54) is 12.1 Å². The average molecular weight is 376 g/mol. The summed E-state index contributed by atoms with van der Waals surface area (Å²) in [5, 5.41) is 9.42. The lowest BCUT2D eigenvalue weighted by atomic mass is 10.1. The summed E-state index contributed by atoms with van der Waals surface area (Å²) in [5.74, 6) is -0.200. The lowest BCUT2D eigenvalue weighted by Gasteiger charge is -2.10. The van der Waals surface area contributed by atoms with Crippen molar-refractivity contribution in [3.8, 4) is 11.5 Å². The van der Waals surface area contributed by atoms with Crippen LogP contribution < -0.4 is 15.6 Å². The number of phenols is 1. The lowest BCUT2D eigenvalue weighted by Crippen LogP contribution is -2.42. The number of nitrogens with one attached hydrogen (secondary N) is 2. The number of amides is 2. The van der Waals surface area contributed by atoms with Crippen molar-refractivity contribution in [3.05, 3.63) is 95.6 Å². The van der Waals surface area contributed by atoms with Crippen LogP contribution in [0.5, 0.6) is 11.5 Å². The standard InChI is InChI=1S/C22H20N2O4/c25-19-10-4-8-17(12-19)13-21(26)23-24-22(27)18-9-5-11-20(14-18)28-15-16-6-2-1-3-7-16/h1-12,14,25H,13,15H2,(H,23,26)(H,24,27). The van der Waals surface area contributed by atoms with Crippen molar-refractivity contribution in [1.29, 1.82) is 0 Å². The molecule has 6 nitrogen and oxygen atoms in total. The number of benzene rings is 3. The highest BCUT2D eigenvalue weighted by Gasteiger charge is 2.09. The largest absolute Gasteiger partial charge is 0.508 e. The number of carbonyl (C=O) groups excluding carboxylic acids is 2. The molecule has 0 fully saturated rings. The van der Waals surface area contributed by atoms with Crippen LogP contribution in [-0.2, 0) is 17.8 Å². The van der Waals surface area contributed by atoms with Crippen LogP contribution in [-0.4, -0.2) is 16.9 Å². The summed E-state index contributed by atoms with van der Waals surface area (Å²) < 4.78 is 5.71. The second-order valence-electron chi connectivity index (χ2n) is 6.15. The molecule has 0 saturated heterocycles. The first-order valence-electron chi connectivity index (χ1n) is 8.74. The molecule has 0 unspecified atom stereocenters. The maximum absolute atomic E-state index is 12.3. The molecule has 0 aliphatic rings. The summed E-state index contributed by atoms with van der Waals surface area (Å²) in [7, 11) is 0. The van der Waals surface area contributed by atoms with E-state index < -0.39 is 11.8 Å². The number of ether oxygens (including phenoxy) is 1. The van der Waals surface area contributed by atoms with Gasteiger partial charge in [-0.3, -0.25) is 20.4 Å². The quantitative estimate of drug-likeness (QED) is 0.577. The van der Waals surface area contributed by atoms with Gasteiger partial charge in [0, 0.05) is 5.56 Å². The Bertz CT molecular complexity index is 958. The first-order chi connectivity index (χ1) is 13.6. The molecule has 0 radical (unpaired) electrons. The maximum Gasteiger partial charge on any atom is 0.269 e. The van der Waals surface area contributed by atoms with E-state index >= 15 is 0 Å². The molecule has 0 aliphatic heterocycles. The van der Waals surface area contributed by atoms with Gasteiger partial charge in [0.15, 0.2) is 0 Å². The van der Waals surface area contributed by atoms with E-state index in [1.54, 1.807) is 36.4 Å². The van der Waals surface area contributed by atoms with Gasteiger partial charge in [-0.05, 0) is 41.5 Å². The number of phenolic OH excluding ortho intramolecular Hbond substituents is 1. The number of hydrogen-bond donors (Lipinski definition) is 3. The molecule has 0 spiro atoms. The third-order valence-corrected chi connectivity index (χ3v) is 3.94. The van der Waals surface area contributed by atoms with Gasteiger partial charge in [0.25, 0.3) is 5.91 Å². The van der Waals surface area contributed by atoms with Crippen molar-refractivity contribution < 1.29 is 19.4 Å². The highest BCUT2D eigenvalue weighted by molar-refractivity contribution is 5.95. The van der Waals surface area contributed by atoms with Crippen LogP contribution in [0.1, 0.15) is 21.5 Å². The summed E-state index contributed by atoms with van der Waals surface area (Å²) in [6.45, 7) is 0.395. The van der Waals surface area contributed by atoms with Gasteiger partial charge in [0.1, 0.15) is 18.1 Å². The molecule has 0 heterocycles.